The molecule has 33 heavy (non-hydrogen) atoms. The van der Waals surface area contributed by atoms with Gasteiger partial charge in [-0.2, -0.15) is 5.26 Å². The third kappa shape index (κ3) is 3.07. The number of aromatic amines is 2. The Morgan fingerprint density at radius 3 is 2.61 bits per heavy atom. The van der Waals surface area contributed by atoms with Crippen molar-refractivity contribution in [1.29, 1.82) is 5.26 Å². The predicted octanol–water partition coefficient (Wildman–Crippen LogP) is 2.52. The van der Waals surface area contributed by atoms with Crippen LogP contribution in [-0.4, -0.2) is 31.2 Å². The summed E-state index contributed by atoms with van der Waals surface area (Å²) >= 11 is 7.25. The van der Waals surface area contributed by atoms with Crippen LogP contribution in [0.5, 0.6) is 5.75 Å². The molecule has 2 N–H and O–H groups in total. The number of aryl methyl sites for hydroxylation is 1. The molecule has 0 saturated carbocycles. The second-order valence-electron chi connectivity index (χ2n) is 7.11. The largest absolute Gasteiger partial charge is 0.495 e. The molecule has 0 spiro atoms. The summed E-state index contributed by atoms with van der Waals surface area (Å²) in [5.41, 5.74) is 0.405. The van der Waals surface area contributed by atoms with E-state index in [1.54, 1.807) is 12.1 Å². The molecule has 0 radical (unpaired) electrons. The summed E-state index contributed by atoms with van der Waals surface area (Å²) in [4.78, 5) is 48.4. The van der Waals surface area contributed by atoms with E-state index >= 15 is 0 Å². The lowest BCUT2D eigenvalue weighted by molar-refractivity contribution is 0.415. The number of aromatic nitrogens is 5. The van der Waals surface area contributed by atoms with Gasteiger partial charge in [0.1, 0.15) is 10.4 Å². The predicted molar refractivity (Wildman–Crippen MR) is 125 cm³/mol. The monoisotopic (exact) mass is 480 g/mol. The summed E-state index contributed by atoms with van der Waals surface area (Å²) < 4.78 is 7.77. The zero-order valence-electron chi connectivity index (χ0n) is 17.1. The third-order valence-electron chi connectivity index (χ3n) is 5.27. The quantitative estimate of drug-likeness (QED) is 0.407. The van der Waals surface area contributed by atoms with Crippen LogP contribution < -0.4 is 21.7 Å². The molecule has 12 heteroatoms. The van der Waals surface area contributed by atoms with Crippen LogP contribution in [0.3, 0.4) is 0 Å². The highest BCUT2D eigenvalue weighted by Gasteiger charge is 2.19. The topological polar surface area (TPSA) is 139 Å². The molecular formula is C21H13ClN6O4S. The number of fused-ring (bicyclic) bond motifs is 2. The van der Waals surface area contributed by atoms with Gasteiger partial charge in [0.25, 0.3) is 5.56 Å². The van der Waals surface area contributed by atoms with E-state index in [1.165, 1.54) is 37.2 Å². The number of hydrogen-bond acceptors (Lipinski definition) is 7. The second-order valence-corrected chi connectivity index (χ2v) is 8.57. The molecule has 0 aliphatic rings. The van der Waals surface area contributed by atoms with Gasteiger partial charge < -0.3 is 14.7 Å². The van der Waals surface area contributed by atoms with Crippen molar-refractivity contribution in [1.82, 2.24) is 24.1 Å². The summed E-state index contributed by atoms with van der Waals surface area (Å²) in [6, 6.07) is 6.82. The van der Waals surface area contributed by atoms with Gasteiger partial charge in [-0.05, 0) is 18.2 Å². The van der Waals surface area contributed by atoms with E-state index in [9.17, 15) is 19.6 Å². The minimum Gasteiger partial charge on any atom is -0.495 e. The van der Waals surface area contributed by atoms with E-state index in [0.717, 1.165) is 15.9 Å². The van der Waals surface area contributed by atoms with Gasteiger partial charge in [0.05, 0.1) is 58.4 Å². The van der Waals surface area contributed by atoms with E-state index in [1.807, 2.05) is 0 Å². The molecule has 4 heterocycles. The Labute approximate surface area is 192 Å². The first kappa shape index (κ1) is 20.7. The second kappa shape index (κ2) is 7.47. The maximum absolute atomic E-state index is 13.4. The highest BCUT2D eigenvalue weighted by molar-refractivity contribution is 7.22. The number of benzene rings is 1. The van der Waals surface area contributed by atoms with Gasteiger partial charge in [-0.25, -0.2) is 14.2 Å². The molecule has 5 rings (SSSR count). The first-order valence-corrected chi connectivity index (χ1v) is 10.6. The summed E-state index contributed by atoms with van der Waals surface area (Å²) in [6.07, 6.45) is 2.79. The Hall–Kier alpha value is -4.14. The van der Waals surface area contributed by atoms with Crippen LogP contribution in [0, 0.1) is 11.3 Å². The average Bonchev–Trinajstić information content (AvgIpc) is 3.34. The first-order chi connectivity index (χ1) is 15.8. The molecule has 4 aromatic heterocycles. The number of rotatable bonds is 3. The molecule has 10 nitrogen and oxygen atoms in total. The maximum Gasteiger partial charge on any atom is 0.333 e. The number of hydrogen-bond donors (Lipinski definition) is 2. The number of imidazole rings is 1. The highest BCUT2D eigenvalue weighted by Crippen LogP contribution is 2.38. The highest BCUT2D eigenvalue weighted by atomic mass is 35.5. The number of halogens is 1. The number of thiophene rings is 1. The first-order valence-electron chi connectivity index (χ1n) is 9.44. The number of H-pyrrole nitrogens is 2. The van der Waals surface area contributed by atoms with Crippen LogP contribution >= 0.6 is 22.9 Å². The van der Waals surface area contributed by atoms with E-state index in [2.05, 4.69) is 21.0 Å². The molecule has 0 fully saturated rings. The van der Waals surface area contributed by atoms with Crippen LogP contribution in [0.2, 0.25) is 5.02 Å². The molecule has 0 aliphatic carbocycles. The van der Waals surface area contributed by atoms with Crippen LogP contribution in [0.25, 0.3) is 37.4 Å². The van der Waals surface area contributed by atoms with Crippen LogP contribution in [0.1, 0.15) is 5.56 Å². The van der Waals surface area contributed by atoms with Crippen LogP contribution in [-0.2, 0) is 7.05 Å². The fourth-order valence-corrected chi connectivity index (χ4v) is 5.03. The van der Waals surface area contributed by atoms with Gasteiger partial charge in [-0.1, -0.05) is 11.6 Å². The van der Waals surface area contributed by atoms with Crippen molar-refractivity contribution >= 4 is 44.2 Å². The van der Waals surface area contributed by atoms with Gasteiger partial charge in [-0.3, -0.25) is 14.3 Å². The number of nitrogens with one attached hydrogen (secondary N) is 2. The lowest BCUT2D eigenvalue weighted by Crippen LogP contribution is -2.33. The number of nitrogens with zero attached hydrogens (tertiary/aromatic N) is 4. The normalized spacial score (nSPS) is 11.2. The van der Waals surface area contributed by atoms with Crippen molar-refractivity contribution in [3.63, 3.8) is 0 Å². The van der Waals surface area contributed by atoms with Crippen LogP contribution in [0.15, 0.2) is 45.0 Å². The Bertz CT molecular complexity index is 1820. The Morgan fingerprint density at radius 1 is 1.12 bits per heavy atom. The summed E-state index contributed by atoms with van der Waals surface area (Å²) in [5.74, 6) is 0.375. The van der Waals surface area contributed by atoms with Crippen molar-refractivity contribution in [2.45, 2.75) is 0 Å². The summed E-state index contributed by atoms with van der Waals surface area (Å²) in [6.45, 7) is 0. The number of nitriles is 1. The fourth-order valence-electron chi connectivity index (χ4n) is 3.72. The Balaban J connectivity index is 1.80. The SMILES string of the molecule is COc1cc(-c2cc3[nH]c(=O)n(-c4cncc5[nH]c(=O)n(C)c45)c(=O)c3s2)c(C#N)cc1Cl. The third-order valence-corrected chi connectivity index (χ3v) is 6.72. The molecule has 5 aromatic rings. The van der Waals surface area contributed by atoms with Crippen molar-refractivity contribution < 1.29 is 4.74 Å². The lowest BCUT2D eigenvalue weighted by Gasteiger charge is -2.07. The molecular weight excluding hydrogens is 468 g/mol. The smallest absolute Gasteiger partial charge is 0.333 e. The van der Waals surface area contributed by atoms with Gasteiger partial charge in [0, 0.05) is 17.5 Å². The van der Waals surface area contributed by atoms with E-state index < -0.39 is 16.9 Å². The molecule has 0 bridgehead atoms. The average molecular weight is 481 g/mol. The molecule has 0 atom stereocenters. The maximum atomic E-state index is 13.4. The van der Waals surface area contributed by atoms with Gasteiger partial charge in [0.2, 0.25) is 0 Å². The number of ether oxygens (including phenoxy) is 1. The number of pyridine rings is 1. The molecule has 1 aromatic carbocycles. The lowest BCUT2D eigenvalue weighted by atomic mass is 10.1. The summed E-state index contributed by atoms with van der Waals surface area (Å²) in [5, 5.41) is 9.84. The number of methoxy groups -OCH3 is 1. The Morgan fingerprint density at radius 2 is 1.88 bits per heavy atom. The fraction of sp³-hybridized carbons (Fsp3) is 0.0952. The zero-order chi connectivity index (χ0) is 23.4. The molecule has 0 unspecified atom stereocenters. The summed E-state index contributed by atoms with van der Waals surface area (Å²) in [7, 11) is 2.99. The Kier molecular flexibility index (Phi) is 4.70. The standard InChI is InChI=1S/C21H13ClN6O4S/c1-27-17-13(26-20(27)30)7-24-8-14(17)28-19(29)18-12(25-21(28)31)5-16(33-18)10-4-15(32-2)11(22)3-9(10)6-23/h3-5,7-8H,1-2H3,(H,25,31)(H,26,30). The van der Waals surface area contributed by atoms with E-state index in [-0.39, 0.29) is 15.4 Å². The van der Waals surface area contributed by atoms with E-state index in [4.69, 9.17) is 16.3 Å². The molecule has 164 valence electrons. The zero-order valence-corrected chi connectivity index (χ0v) is 18.7. The van der Waals surface area contributed by atoms with Gasteiger partial charge >= 0.3 is 11.4 Å². The van der Waals surface area contributed by atoms with E-state index in [0.29, 0.717) is 38.3 Å². The van der Waals surface area contributed by atoms with Crippen molar-refractivity contribution in [2.24, 2.45) is 7.05 Å². The minimum atomic E-state index is -0.686. The van der Waals surface area contributed by atoms with Crippen LogP contribution in [0.4, 0.5) is 0 Å². The molecule has 0 saturated heterocycles. The van der Waals surface area contributed by atoms with Gasteiger partial charge in [0.15, 0.2) is 0 Å². The minimum absolute atomic E-state index is 0.169. The van der Waals surface area contributed by atoms with Crippen molar-refractivity contribution in [3.05, 3.63) is 72.5 Å². The van der Waals surface area contributed by atoms with Crippen molar-refractivity contribution in [2.75, 3.05) is 7.11 Å². The van der Waals surface area contributed by atoms with Crippen molar-refractivity contribution in [3.8, 4) is 27.9 Å². The van der Waals surface area contributed by atoms with Gasteiger partial charge in [-0.15, -0.1) is 11.3 Å². The molecule has 0 amide bonds. The molecule has 0 aliphatic heterocycles.